The molecule has 0 fully saturated rings. The summed E-state index contributed by atoms with van der Waals surface area (Å²) in [5.41, 5.74) is 0.102. The molecular weight excluding hydrogens is 411 g/mol. The molecule has 0 aliphatic heterocycles. The van der Waals surface area contributed by atoms with E-state index in [1.165, 1.54) is 18.2 Å². The molecule has 2 aromatic carbocycles. The van der Waals surface area contributed by atoms with Crippen molar-refractivity contribution in [3.8, 4) is 16.9 Å². The monoisotopic (exact) mass is 419 g/mol. The van der Waals surface area contributed by atoms with Gasteiger partial charge in [0.15, 0.2) is 9.84 Å². The zero-order valence-corrected chi connectivity index (χ0v) is 15.3. The Kier molecular flexibility index (Phi) is 4.68. The van der Waals surface area contributed by atoms with Gasteiger partial charge in [0.25, 0.3) is 0 Å². The number of oxazole rings is 1. The normalized spacial score (nSPS) is 11.7. The van der Waals surface area contributed by atoms with Crippen molar-refractivity contribution in [2.45, 2.75) is 4.90 Å². The van der Waals surface area contributed by atoms with Crippen molar-refractivity contribution in [1.82, 2.24) is 4.57 Å². The quantitative estimate of drug-likeness (QED) is 0.640. The molecule has 0 bridgehead atoms. The van der Waals surface area contributed by atoms with Crippen LogP contribution in [0.25, 0.3) is 16.9 Å². The van der Waals surface area contributed by atoms with Gasteiger partial charge in [0.1, 0.15) is 22.8 Å². The first-order chi connectivity index (χ1) is 12.1. The van der Waals surface area contributed by atoms with Crippen LogP contribution in [-0.4, -0.2) is 19.2 Å². The van der Waals surface area contributed by atoms with Crippen molar-refractivity contribution < 1.29 is 21.6 Å². The molecule has 3 rings (SSSR count). The maximum atomic E-state index is 14.2. The van der Waals surface area contributed by atoms with E-state index in [-0.39, 0.29) is 27.0 Å². The van der Waals surface area contributed by atoms with Crippen molar-refractivity contribution in [1.29, 1.82) is 0 Å². The molecule has 0 N–H and O–H groups in total. The van der Waals surface area contributed by atoms with Crippen LogP contribution in [0.3, 0.4) is 0 Å². The van der Waals surface area contributed by atoms with E-state index < -0.39 is 32.1 Å². The van der Waals surface area contributed by atoms with Gasteiger partial charge in [-0.15, -0.1) is 0 Å². The van der Waals surface area contributed by atoms with Crippen molar-refractivity contribution in [2.24, 2.45) is 0 Å². The third-order valence-corrected chi connectivity index (χ3v) is 5.03. The van der Waals surface area contributed by atoms with Gasteiger partial charge in [-0.1, -0.05) is 23.2 Å². The van der Waals surface area contributed by atoms with Gasteiger partial charge in [0.05, 0.1) is 11.4 Å². The van der Waals surface area contributed by atoms with Gasteiger partial charge >= 0.3 is 5.76 Å². The number of rotatable bonds is 3. The molecule has 10 heteroatoms. The van der Waals surface area contributed by atoms with E-state index >= 15 is 0 Å². The highest BCUT2D eigenvalue weighted by Gasteiger charge is 2.23. The van der Waals surface area contributed by atoms with Crippen molar-refractivity contribution in [3.63, 3.8) is 0 Å². The Morgan fingerprint density at radius 3 is 2.04 bits per heavy atom. The lowest BCUT2D eigenvalue weighted by molar-refractivity contribution is 0.504. The lowest BCUT2D eigenvalue weighted by Gasteiger charge is -2.09. The van der Waals surface area contributed by atoms with Gasteiger partial charge in [-0.25, -0.2) is 26.6 Å². The van der Waals surface area contributed by atoms with Crippen LogP contribution in [0.1, 0.15) is 0 Å². The predicted molar refractivity (Wildman–Crippen MR) is 92.8 cm³/mol. The third-order valence-electron chi connectivity index (χ3n) is 3.47. The van der Waals surface area contributed by atoms with Crippen LogP contribution in [0.4, 0.5) is 8.78 Å². The fraction of sp³-hybridized carbons (Fsp3) is 0.0625. The van der Waals surface area contributed by atoms with Crippen LogP contribution in [0.5, 0.6) is 0 Å². The van der Waals surface area contributed by atoms with Crippen molar-refractivity contribution in [3.05, 3.63) is 68.8 Å². The van der Waals surface area contributed by atoms with E-state index in [0.29, 0.717) is 6.26 Å². The Morgan fingerprint density at radius 1 is 1.00 bits per heavy atom. The van der Waals surface area contributed by atoms with Crippen LogP contribution in [0.2, 0.25) is 10.0 Å². The molecule has 1 aromatic heterocycles. The molecule has 0 saturated heterocycles. The minimum absolute atomic E-state index is 0.00816. The van der Waals surface area contributed by atoms with Gasteiger partial charge in [-0.3, -0.25) is 0 Å². The molecule has 0 unspecified atom stereocenters. The molecule has 0 atom stereocenters. The average Bonchev–Trinajstić information content (AvgIpc) is 2.85. The average molecular weight is 420 g/mol. The largest absolute Gasteiger partial charge is 0.424 e. The summed E-state index contributed by atoms with van der Waals surface area (Å²) in [5.74, 6) is -3.41. The Labute approximate surface area is 156 Å². The molecule has 0 aliphatic carbocycles. The Bertz CT molecular complexity index is 1140. The maximum absolute atomic E-state index is 14.2. The summed E-state index contributed by atoms with van der Waals surface area (Å²) in [6, 6.07) is 5.85. The second-order valence-electron chi connectivity index (χ2n) is 5.39. The van der Waals surface area contributed by atoms with E-state index in [1.807, 2.05) is 0 Å². The van der Waals surface area contributed by atoms with E-state index in [9.17, 15) is 22.0 Å². The van der Waals surface area contributed by atoms with Gasteiger partial charge in [0.2, 0.25) is 0 Å². The van der Waals surface area contributed by atoms with E-state index in [4.69, 9.17) is 27.6 Å². The molecule has 3 aromatic rings. The summed E-state index contributed by atoms with van der Waals surface area (Å²) in [7, 11) is -4.11. The molecule has 0 radical (unpaired) electrons. The minimum atomic E-state index is -4.11. The first kappa shape index (κ1) is 18.6. The SMILES string of the molecule is CS(=O)(=O)c1c(F)cc(-c2coc(=O)n2-c2cc(Cl)cc(Cl)c2)cc1F. The number of nitrogens with zero attached hydrogens (tertiary/aromatic N) is 1. The molecule has 136 valence electrons. The smallest absolute Gasteiger partial charge is 0.415 e. The number of halogens is 4. The second kappa shape index (κ2) is 6.53. The second-order valence-corrected chi connectivity index (χ2v) is 8.22. The zero-order chi connectivity index (χ0) is 19.2. The van der Waals surface area contributed by atoms with Gasteiger partial charge in [-0.05, 0) is 30.3 Å². The molecule has 0 spiro atoms. The lowest BCUT2D eigenvalue weighted by atomic mass is 10.1. The van der Waals surface area contributed by atoms with Crippen LogP contribution in [0.15, 0.2) is 50.7 Å². The standard InChI is InChI=1S/C16H9Cl2F2NO4S/c1-26(23,24)15-12(19)2-8(3-13(15)20)14-7-25-16(22)21(14)11-5-9(17)4-10(18)6-11/h2-7H,1H3. The van der Waals surface area contributed by atoms with Crippen molar-refractivity contribution in [2.75, 3.05) is 6.26 Å². The molecule has 26 heavy (non-hydrogen) atoms. The third kappa shape index (κ3) is 3.40. The van der Waals surface area contributed by atoms with Crippen LogP contribution >= 0.6 is 23.2 Å². The van der Waals surface area contributed by atoms with Crippen LogP contribution < -0.4 is 5.76 Å². The lowest BCUT2D eigenvalue weighted by Crippen LogP contribution is -2.13. The fourth-order valence-corrected chi connectivity index (χ4v) is 3.82. The van der Waals surface area contributed by atoms with Crippen molar-refractivity contribution >= 4 is 33.0 Å². The number of aromatic nitrogens is 1. The van der Waals surface area contributed by atoms with Crippen LogP contribution in [0, 0.1) is 11.6 Å². The molecule has 1 heterocycles. The highest BCUT2D eigenvalue weighted by molar-refractivity contribution is 7.90. The fourth-order valence-electron chi connectivity index (χ4n) is 2.48. The molecule has 0 amide bonds. The Balaban J connectivity index is 2.26. The summed E-state index contributed by atoms with van der Waals surface area (Å²) < 4.78 is 57.2. The highest BCUT2D eigenvalue weighted by atomic mass is 35.5. The summed E-state index contributed by atoms with van der Waals surface area (Å²) in [5, 5.41) is 0.465. The number of benzene rings is 2. The van der Waals surface area contributed by atoms with Gasteiger partial charge < -0.3 is 4.42 Å². The van der Waals surface area contributed by atoms with E-state index in [2.05, 4.69) is 0 Å². The predicted octanol–water partition coefficient (Wildman–Crippen LogP) is 4.09. The molecule has 0 aliphatic rings. The highest BCUT2D eigenvalue weighted by Crippen LogP contribution is 2.29. The number of hydrogen-bond donors (Lipinski definition) is 0. The minimum Gasteiger partial charge on any atom is -0.415 e. The maximum Gasteiger partial charge on any atom is 0.424 e. The summed E-state index contributed by atoms with van der Waals surface area (Å²) in [6.45, 7) is 0. The molecule has 0 saturated carbocycles. The van der Waals surface area contributed by atoms with Gasteiger partial charge in [-0.2, -0.15) is 0 Å². The topological polar surface area (TPSA) is 69.3 Å². The first-order valence-electron chi connectivity index (χ1n) is 6.94. The number of hydrogen-bond acceptors (Lipinski definition) is 4. The van der Waals surface area contributed by atoms with Gasteiger partial charge in [0, 0.05) is 21.9 Å². The Hall–Kier alpha value is -2.16. The molecule has 5 nitrogen and oxygen atoms in total. The Morgan fingerprint density at radius 2 is 1.54 bits per heavy atom. The molecular formula is C16H9Cl2F2NO4S. The van der Waals surface area contributed by atoms with E-state index in [0.717, 1.165) is 23.0 Å². The summed E-state index contributed by atoms with van der Waals surface area (Å²) >= 11 is 11.8. The summed E-state index contributed by atoms with van der Waals surface area (Å²) in [6.07, 6.45) is 1.68. The number of sulfone groups is 1. The first-order valence-corrected chi connectivity index (χ1v) is 9.59. The van der Waals surface area contributed by atoms with E-state index in [1.54, 1.807) is 0 Å². The van der Waals surface area contributed by atoms with Crippen LogP contribution in [-0.2, 0) is 9.84 Å². The summed E-state index contributed by atoms with van der Waals surface area (Å²) in [4.78, 5) is 11.0. The zero-order valence-electron chi connectivity index (χ0n) is 13.0.